The van der Waals surface area contributed by atoms with E-state index in [0.29, 0.717) is 47.3 Å². The van der Waals surface area contributed by atoms with Gasteiger partial charge in [-0.05, 0) is 61.9 Å². The Labute approximate surface area is 257 Å². The maximum Gasteiger partial charge on any atom is 0.269 e. The highest BCUT2D eigenvalue weighted by molar-refractivity contribution is 7.14. The molecule has 2 fully saturated rings. The van der Waals surface area contributed by atoms with E-state index in [1.54, 1.807) is 31.2 Å². The van der Waals surface area contributed by atoms with Gasteiger partial charge in [0.25, 0.3) is 17.7 Å². The number of imide groups is 1. The predicted molar refractivity (Wildman–Crippen MR) is 159 cm³/mol. The van der Waals surface area contributed by atoms with Crippen molar-refractivity contribution in [2.45, 2.75) is 58.2 Å². The van der Waals surface area contributed by atoms with Crippen LogP contribution in [0.15, 0.2) is 40.9 Å². The van der Waals surface area contributed by atoms with Crippen LogP contribution in [0.3, 0.4) is 0 Å². The van der Waals surface area contributed by atoms with Gasteiger partial charge in [0, 0.05) is 55.8 Å². The number of rotatable bonds is 8. The van der Waals surface area contributed by atoms with Crippen LogP contribution in [0.4, 0.5) is 5.69 Å². The molecule has 5 amide bonds. The molecule has 5 heterocycles. The molecular weight excluding hydrogens is 586 g/mol. The zero-order chi connectivity index (χ0) is 31.0. The Hall–Kier alpha value is -4.36. The van der Waals surface area contributed by atoms with Crippen LogP contribution in [0.2, 0.25) is 0 Å². The Morgan fingerprint density at radius 1 is 1.14 bits per heavy atom. The number of fused-ring (bicyclic) bond motifs is 1. The molecule has 12 nitrogen and oxygen atoms in total. The summed E-state index contributed by atoms with van der Waals surface area (Å²) in [5, 5.41) is 5.33. The number of benzene rings is 1. The van der Waals surface area contributed by atoms with Crippen molar-refractivity contribution in [1.82, 2.24) is 20.5 Å². The molecule has 2 atom stereocenters. The van der Waals surface area contributed by atoms with Gasteiger partial charge in [0.15, 0.2) is 17.7 Å². The van der Waals surface area contributed by atoms with Crippen LogP contribution in [0.25, 0.3) is 0 Å². The number of nitrogens with one attached hydrogen (secondary N) is 2. The van der Waals surface area contributed by atoms with Gasteiger partial charge in [-0.25, -0.2) is 4.98 Å². The van der Waals surface area contributed by atoms with Crippen LogP contribution in [-0.2, 0) is 25.7 Å². The van der Waals surface area contributed by atoms with Gasteiger partial charge in [0.2, 0.25) is 11.8 Å². The molecule has 2 N–H and O–H groups in total. The largest absolute Gasteiger partial charge is 0.443 e. The number of carbonyl (C=O) groups excluding carboxylic acids is 5. The van der Waals surface area contributed by atoms with E-state index in [1.807, 2.05) is 13.0 Å². The fourth-order valence-corrected chi connectivity index (χ4v) is 6.72. The highest BCUT2D eigenvalue weighted by Gasteiger charge is 2.41. The summed E-state index contributed by atoms with van der Waals surface area (Å²) in [6, 6.07) is 6.57. The van der Waals surface area contributed by atoms with E-state index in [0.717, 1.165) is 17.7 Å². The Kier molecular flexibility index (Phi) is 8.32. The molecule has 0 spiro atoms. The van der Waals surface area contributed by atoms with Crippen LogP contribution in [0, 0.1) is 19.8 Å². The number of hydrogen-bond acceptors (Lipinski definition) is 9. The lowest BCUT2D eigenvalue weighted by Crippen LogP contribution is -2.52. The lowest BCUT2D eigenvalue weighted by atomic mass is 10.00. The minimum Gasteiger partial charge on any atom is -0.443 e. The van der Waals surface area contributed by atoms with E-state index in [-0.39, 0.29) is 42.9 Å². The smallest absolute Gasteiger partial charge is 0.269 e. The summed E-state index contributed by atoms with van der Waals surface area (Å²) in [5.74, 6) is -1.36. The van der Waals surface area contributed by atoms with E-state index < -0.39 is 29.8 Å². The second-order valence-electron chi connectivity index (χ2n) is 11.3. The van der Waals surface area contributed by atoms with Crippen molar-refractivity contribution in [3.05, 3.63) is 69.1 Å². The number of aryl methyl sites for hydroxylation is 2. The summed E-state index contributed by atoms with van der Waals surface area (Å²) in [4.78, 5) is 74.5. The van der Waals surface area contributed by atoms with Gasteiger partial charge in [-0.3, -0.25) is 34.2 Å². The molecule has 2 saturated heterocycles. The van der Waals surface area contributed by atoms with Crippen LogP contribution in [0.5, 0.6) is 0 Å². The molecular formula is C31H33N5O7S. The van der Waals surface area contributed by atoms with Crippen molar-refractivity contribution >= 4 is 46.6 Å². The van der Waals surface area contributed by atoms with E-state index in [2.05, 4.69) is 15.6 Å². The number of aromatic nitrogens is 1. The number of oxazole rings is 1. The first kappa shape index (κ1) is 29.7. The Balaban J connectivity index is 1.37. The summed E-state index contributed by atoms with van der Waals surface area (Å²) in [5.41, 5.74) is 1.32. The van der Waals surface area contributed by atoms with E-state index >= 15 is 0 Å². The van der Waals surface area contributed by atoms with E-state index in [9.17, 15) is 24.0 Å². The third-order valence-electron chi connectivity index (χ3n) is 8.28. The van der Waals surface area contributed by atoms with E-state index in [1.165, 1.54) is 27.3 Å². The molecule has 6 rings (SSSR count). The topological polar surface area (TPSA) is 151 Å². The monoisotopic (exact) mass is 619 g/mol. The molecule has 3 aliphatic heterocycles. The van der Waals surface area contributed by atoms with Crippen LogP contribution in [0.1, 0.15) is 73.8 Å². The number of piperidine rings is 1. The highest BCUT2D eigenvalue weighted by Crippen LogP contribution is 2.36. The average Bonchev–Trinajstić information content (AvgIpc) is 3.73. The number of anilines is 1. The maximum absolute atomic E-state index is 14.3. The predicted octanol–water partition coefficient (Wildman–Crippen LogP) is 3.04. The summed E-state index contributed by atoms with van der Waals surface area (Å²) in [6.45, 7) is 5.41. The molecule has 13 heteroatoms. The number of nitrogens with zero attached hydrogens (tertiary/aromatic N) is 3. The Morgan fingerprint density at radius 2 is 1.93 bits per heavy atom. The quantitative estimate of drug-likeness (QED) is 0.365. The second kappa shape index (κ2) is 12.3. The molecule has 230 valence electrons. The molecule has 0 radical (unpaired) electrons. The zero-order valence-electron chi connectivity index (χ0n) is 24.5. The first-order chi connectivity index (χ1) is 21.2. The fraction of sp³-hybridized carbons (Fsp3) is 0.419. The van der Waals surface area contributed by atoms with Crippen molar-refractivity contribution in [2.75, 3.05) is 24.7 Å². The summed E-state index contributed by atoms with van der Waals surface area (Å²) < 4.78 is 11.3. The van der Waals surface area contributed by atoms with Gasteiger partial charge in [0.1, 0.15) is 6.04 Å². The Morgan fingerprint density at radius 3 is 2.61 bits per heavy atom. The summed E-state index contributed by atoms with van der Waals surface area (Å²) in [7, 11) is 0. The van der Waals surface area contributed by atoms with Gasteiger partial charge in [0.05, 0.1) is 11.1 Å². The van der Waals surface area contributed by atoms with E-state index in [4.69, 9.17) is 9.15 Å². The molecule has 2 unspecified atom stereocenters. The van der Waals surface area contributed by atoms with Crippen LogP contribution >= 0.6 is 11.3 Å². The molecule has 0 bridgehead atoms. The third kappa shape index (κ3) is 5.89. The standard InChI is InChI=1S/C31H33N5O7S/c1-17-3-7-25(44-17)31(41)36(27(24-15-32-18(2)43-24)29(39)33-14-19-9-11-42-12-10-19)21-5-4-20-16-35(30(40)22(20)13-21)23-6-8-26(37)34-28(23)38/h3-5,7,13,15,19,23,27H,6,8-12,14,16H2,1-2H3,(H,33,39)(H,34,37,38). The highest BCUT2D eigenvalue weighted by atomic mass is 32.1. The van der Waals surface area contributed by atoms with Crippen molar-refractivity contribution < 1.29 is 33.1 Å². The first-order valence-electron chi connectivity index (χ1n) is 14.6. The van der Waals surface area contributed by atoms with Crippen molar-refractivity contribution in [1.29, 1.82) is 0 Å². The normalized spacial score (nSPS) is 19.5. The third-order valence-corrected chi connectivity index (χ3v) is 9.27. The average molecular weight is 620 g/mol. The van der Waals surface area contributed by atoms with Crippen molar-refractivity contribution in [3.8, 4) is 0 Å². The summed E-state index contributed by atoms with van der Waals surface area (Å²) in [6.07, 6.45) is 3.46. The molecule has 0 saturated carbocycles. The van der Waals surface area contributed by atoms with Crippen LogP contribution in [-0.4, -0.2) is 65.2 Å². The van der Waals surface area contributed by atoms with Gasteiger partial charge < -0.3 is 19.4 Å². The second-order valence-corrected chi connectivity index (χ2v) is 12.6. The number of thiophene rings is 1. The molecule has 44 heavy (non-hydrogen) atoms. The minimum absolute atomic E-state index is 0.144. The molecule has 3 aliphatic rings. The molecule has 1 aromatic carbocycles. The lowest BCUT2D eigenvalue weighted by Gasteiger charge is -2.30. The zero-order valence-corrected chi connectivity index (χ0v) is 25.3. The lowest BCUT2D eigenvalue weighted by molar-refractivity contribution is -0.137. The first-order valence-corrected chi connectivity index (χ1v) is 15.5. The Bertz CT molecular complexity index is 1620. The van der Waals surface area contributed by atoms with Gasteiger partial charge in [-0.2, -0.15) is 0 Å². The maximum atomic E-state index is 14.3. The van der Waals surface area contributed by atoms with Gasteiger partial charge in [-0.15, -0.1) is 11.3 Å². The number of ether oxygens (including phenoxy) is 1. The number of amides is 5. The van der Waals surface area contributed by atoms with Gasteiger partial charge >= 0.3 is 0 Å². The van der Waals surface area contributed by atoms with Crippen molar-refractivity contribution in [3.63, 3.8) is 0 Å². The minimum atomic E-state index is -1.22. The van der Waals surface area contributed by atoms with Gasteiger partial charge in [-0.1, -0.05) is 6.07 Å². The number of hydrogen-bond donors (Lipinski definition) is 2. The van der Waals surface area contributed by atoms with Crippen LogP contribution < -0.4 is 15.5 Å². The summed E-state index contributed by atoms with van der Waals surface area (Å²) >= 11 is 1.30. The SMILES string of the molecule is Cc1ncc(C(C(=O)NCC2CCOCC2)N(C(=O)c2ccc(C)s2)c2ccc3c(c2)C(=O)N(C2CCC(=O)NC2=O)C3)o1. The molecule has 2 aromatic heterocycles. The molecule has 3 aromatic rings. The molecule has 0 aliphatic carbocycles. The number of carbonyl (C=O) groups is 5. The fourth-order valence-electron chi connectivity index (χ4n) is 5.91. The van der Waals surface area contributed by atoms with Crippen molar-refractivity contribution in [2.24, 2.45) is 5.92 Å².